The van der Waals surface area contributed by atoms with E-state index >= 15 is 0 Å². The average Bonchev–Trinajstić information content (AvgIpc) is 3.22. The zero-order valence-corrected chi connectivity index (χ0v) is 14.8. The first kappa shape index (κ1) is 15.7. The van der Waals surface area contributed by atoms with Gasteiger partial charge in [0.05, 0.1) is 24.5 Å². The number of nitrogens with zero attached hydrogens (tertiary/aromatic N) is 1. The molecule has 2 aliphatic heterocycles. The topological polar surface area (TPSA) is 57.4 Å². The summed E-state index contributed by atoms with van der Waals surface area (Å²) in [5, 5.41) is 3.03. The Morgan fingerprint density at radius 3 is 2.77 bits per heavy atom. The fraction of sp³-hybridized carbons (Fsp3) is 0.381. The molecular weight excluding hydrogens is 326 g/mol. The van der Waals surface area contributed by atoms with E-state index in [0.29, 0.717) is 0 Å². The maximum atomic E-state index is 12.5. The van der Waals surface area contributed by atoms with Crippen LogP contribution < -0.4 is 10.2 Å². The molecule has 1 aliphatic carbocycles. The Balaban J connectivity index is 1.46. The standard InChI is InChI=1S/C21H23N3O2/c25-21-18(12-15-11-14-3-1-2-4-19(14)22-15)17-6-5-16(13-20(17)23-21)24-7-9-26-10-8-24/h5-6,11-13,22H,1-4,7-10H2,(H,23,25). The Morgan fingerprint density at radius 1 is 1.08 bits per heavy atom. The molecule has 1 aromatic heterocycles. The maximum absolute atomic E-state index is 12.5. The number of fused-ring (bicyclic) bond motifs is 2. The number of anilines is 2. The third-order valence-corrected chi connectivity index (χ3v) is 5.60. The Kier molecular flexibility index (Phi) is 3.82. The molecule has 2 aromatic rings. The molecule has 1 saturated heterocycles. The maximum Gasteiger partial charge on any atom is 0.256 e. The Bertz CT molecular complexity index is 867. The zero-order chi connectivity index (χ0) is 17.5. The molecule has 5 nitrogen and oxygen atoms in total. The minimum Gasteiger partial charge on any atom is -0.378 e. The highest BCUT2D eigenvalue weighted by molar-refractivity contribution is 6.35. The average molecular weight is 349 g/mol. The van der Waals surface area contributed by atoms with Gasteiger partial charge in [-0.3, -0.25) is 4.79 Å². The first-order chi connectivity index (χ1) is 12.8. The predicted octanol–water partition coefficient (Wildman–Crippen LogP) is 3.22. The number of H-pyrrole nitrogens is 1. The molecule has 134 valence electrons. The third-order valence-electron chi connectivity index (χ3n) is 5.60. The normalized spacial score (nSPS) is 20.8. The minimum absolute atomic E-state index is 0.0216. The van der Waals surface area contributed by atoms with Crippen LogP contribution in [0.2, 0.25) is 0 Å². The number of carbonyl (C=O) groups excluding carboxylic acids is 1. The molecular formula is C21H23N3O2. The number of benzene rings is 1. The lowest BCUT2D eigenvalue weighted by molar-refractivity contribution is -0.110. The molecule has 1 aromatic carbocycles. The highest BCUT2D eigenvalue weighted by Gasteiger charge is 2.26. The Labute approximate surface area is 153 Å². The molecule has 3 aliphatic rings. The van der Waals surface area contributed by atoms with E-state index in [9.17, 15) is 4.79 Å². The fourth-order valence-corrected chi connectivity index (χ4v) is 4.21. The van der Waals surface area contributed by atoms with Crippen molar-refractivity contribution >= 4 is 28.9 Å². The van der Waals surface area contributed by atoms with Crippen molar-refractivity contribution in [2.75, 3.05) is 36.5 Å². The van der Waals surface area contributed by atoms with Gasteiger partial charge >= 0.3 is 0 Å². The van der Waals surface area contributed by atoms with Gasteiger partial charge in [-0.2, -0.15) is 0 Å². The number of hydrogen-bond acceptors (Lipinski definition) is 3. The number of rotatable bonds is 2. The molecule has 26 heavy (non-hydrogen) atoms. The molecule has 0 bridgehead atoms. The number of carbonyl (C=O) groups is 1. The van der Waals surface area contributed by atoms with E-state index in [2.05, 4.69) is 39.5 Å². The van der Waals surface area contributed by atoms with Crippen LogP contribution in [0.4, 0.5) is 11.4 Å². The van der Waals surface area contributed by atoms with E-state index in [-0.39, 0.29) is 5.91 Å². The smallest absolute Gasteiger partial charge is 0.256 e. The molecule has 5 rings (SSSR count). The van der Waals surface area contributed by atoms with Crippen LogP contribution >= 0.6 is 0 Å². The van der Waals surface area contributed by atoms with Crippen molar-refractivity contribution in [3.63, 3.8) is 0 Å². The largest absolute Gasteiger partial charge is 0.378 e. The predicted molar refractivity (Wildman–Crippen MR) is 103 cm³/mol. The van der Waals surface area contributed by atoms with Crippen molar-refractivity contribution in [1.82, 2.24) is 4.98 Å². The lowest BCUT2D eigenvalue weighted by atomic mass is 9.98. The van der Waals surface area contributed by atoms with Gasteiger partial charge in [-0.25, -0.2) is 0 Å². The van der Waals surface area contributed by atoms with Gasteiger partial charge in [0.15, 0.2) is 0 Å². The summed E-state index contributed by atoms with van der Waals surface area (Å²) < 4.78 is 5.42. The van der Waals surface area contributed by atoms with Crippen molar-refractivity contribution in [3.8, 4) is 0 Å². The van der Waals surface area contributed by atoms with Crippen LogP contribution in [0.15, 0.2) is 24.3 Å². The lowest BCUT2D eigenvalue weighted by Crippen LogP contribution is -2.36. The van der Waals surface area contributed by atoms with Gasteiger partial charge in [0.1, 0.15) is 0 Å². The number of aromatic nitrogens is 1. The van der Waals surface area contributed by atoms with E-state index in [1.807, 2.05) is 6.08 Å². The first-order valence-electron chi connectivity index (χ1n) is 9.49. The number of nitrogens with one attached hydrogen (secondary N) is 2. The van der Waals surface area contributed by atoms with E-state index in [4.69, 9.17) is 4.74 Å². The van der Waals surface area contributed by atoms with Crippen LogP contribution in [0.25, 0.3) is 11.6 Å². The summed E-state index contributed by atoms with van der Waals surface area (Å²) >= 11 is 0. The summed E-state index contributed by atoms with van der Waals surface area (Å²) in [6.45, 7) is 3.30. The molecule has 0 spiro atoms. The van der Waals surface area contributed by atoms with Crippen LogP contribution in [-0.4, -0.2) is 37.2 Å². The van der Waals surface area contributed by atoms with Gasteiger partial charge in [-0.15, -0.1) is 0 Å². The monoisotopic (exact) mass is 349 g/mol. The quantitative estimate of drug-likeness (QED) is 0.819. The molecule has 5 heteroatoms. The van der Waals surface area contributed by atoms with E-state index in [0.717, 1.165) is 67.4 Å². The summed E-state index contributed by atoms with van der Waals surface area (Å²) in [5.74, 6) is -0.0216. The SMILES string of the molecule is O=C1Nc2cc(N3CCOCC3)ccc2C1=Cc1cc2c([nH]1)CCCC2. The van der Waals surface area contributed by atoms with Crippen molar-refractivity contribution in [2.24, 2.45) is 0 Å². The first-order valence-corrected chi connectivity index (χ1v) is 9.49. The molecule has 0 radical (unpaired) electrons. The van der Waals surface area contributed by atoms with Gasteiger partial charge in [0.25, 0.3) is 5.91 Å². The van der Waals surface area contributed by atoms with Gasteiger partial charge in [0, 0.05) is 35.7 Å². The highest BCUT2D eigenvalue weighted by Crippen LogP contribution is 2.36. The summed E-state index contributed by atoms with van der Waals surface area (Å²) in [4.78, 5) is 18.3. The van der Waals surface area contributed by atoms with E-state index in [1.165, 1.54) is 24.1 Å². The van der Waals surface area contributed by atoms with Crippen LogP contribution in [0.5, 0.6) is 0 Å². The summed E-state index contributed by atoms with van der Waals surface area (Å²) in [7, 11) is 0. The Morgan fingerprint density at radius 2 is 1.92 bits per heavy atom. The second-order valence-electron chi connectivity index (χ2n) is 7.28. The molecule has 0 unspecified atom stereocenters. The van der Waals surface area contributed by atoms with E-state index in [1.54, 1.807) is 0 Å². The number of morpholine rings is 1. The number of hydrogen-bond donors (Lipinski definition) is 2. The minimum atomic E-state index is -0.0216. The highest BCUT2D eigenvalue weighted by atomic mass is 16.5. The number of aromatic amines is 1. The Hall–Kier alpha value is -2.53. The summed E-state index contributed by atoms with van der Waals surface area (Å²) in [6, 6.07) is 8.46. The lowest BCUT2D eigenvalue weighted by Gasteiger charge is -2.29. The zero-order valence-electron chi connectivity index (χ0n) is 14.8. The van der Waals surface area contributed by atoms with Gasteiger partial charge in [0.2, 0.25) is 0 Å². The fourth-order valence-electron chi connectivity index (χ4n) is 4.21. The second-order valence-corrected chi connectivity index (χ2v) is 7.28. The molecule has 2 N–H and O–H groups in total. The van der Waals surface area contributed by atoms with Crippen LogP contribution in [0.1, 0.15) is 35.4 Å². The molecule has 1 amide bonds. The number of aryl methyl sites for hydroxylation is 2. The van der Waals surface area contributed by atoms with Crippen LogP contribution in [0, 0.1) is 0 Å². The number of ether oxygens (including phenoxy) is 1. The third kappa shape index (κ3) is 2.72. The molecule has 0 atom stereocenters. The molecule has 1 fully saturated rings. The number of amides is 1. The van der Waals surface area contributed by atoms with Crippen molar-refractivity contribution < 1.29 is 9.53 Å². The summed E-state index contributed by atoms with van der Waals surface area (Å²) in [5.41, 5.74) is 7.55. The van der Waals surface area contributed by atoms with Gasteiger partial charge in [-0.1, -0.05) is 6.07 Å². The van der Waals surface area contributed by atoms with Crippen molar-refractivity contribution in [3.05, 3.63) is 46.8 Å². The van der Waals surface area contributed by atoms with Crippen LogP contribution in [0.3, 0.4) is 0 Å². The van der Waals surface area contributed by atoms with Crippen LogP contribution in [-0.2, 0) is 22.4 Å². The van der Waals surface area contributed by atoms with Crippen molar-refractivity contribution in [1.29, 1.82) is 0 Å². The van der Waals surface area contributed by atoms with Gasteiger partial charge < -0.3 is 19.9 Å². The molecule has 0 saturated carbocycles. The van der Waals surface area contributed by atoms with E-state index < -0.39 is 0 Å². The van der Waals surface area contributed by atoms with Crippen molar-refractivity contribution in [2.45, 2.75) is 25.7 Å². The van der Waals surface area contributed by atoms with Gasteiger partial charge in [-0.05, 0) is 55.5 Å². The summed E-state index contributed by atoms with van der Waals surface area (Å²) in [6.07, 6.45) is 6.75. The molecule has 3 heterocycles. The second kappa shape index (κ2) is 6.32.